The Kier molecular flexibility index (Phi) is 3.96. The topological polar surface area (TPSA) is 68.5 Å². The lowest BCUT2D eigenvalue weighted by Crippen LogP contribution is -2.40. The molecule has 0 saturated carbocycles. The molecule has 1 aliphatic heterocycles. The van der Waals surface area contributed by atoms with Crippen LogP contribution in [0.25, 0.3) is 5.52 Å². The van der Waals surface area contributed by atoms with Crippen molar-refractivity contribution in [3.8, 4) is 0 Å². The van der Waals surface area contributed by atoms with Gasteiger partial charge in [-0.3, -0.25) is 9.78 Å². The maximum atomic E-state index is 12.6. The fraction of sp³-hybridized carbons (Fsp3) is 0.278. The van der Waals surface area contributed by atoms with E-state index in [1.165, 1.54) is 5.56 Å². The van der Waals surface area contributed by atoms with Crippen LogP contribution in [0.3, 0.4) is 0 Å². The van der Waals surface area contributed by atoms with Gasteiger partial charge in [0.25, 0.3) is 5.91 Å². The third-order valence-corrected chi connectivity index (χ3v) is 4.42. The first-order valence-corrected chi connectivity index (χ1v) is 8.00. The molecule has 1 fully saturated rings. The van der Waals surface area contributed by atoms with Crippen LogP contribution in [-0.4, -0.2) is 39.8 Å². The number of fused-ring (bicyclic) bond motifs is 1. The molecule has 1 aliphatic rings. The maximum Gasteiger partial charge on any atom is 0.251 e. The van der Waals surface area contributed by atoms with Gasteiger partial charge in [0.2, 0.25) is 0 Å². The van der Waals surface area contributed by atoms with Crippen LogP contribution in [0.4, 0.5) is 0 Å². The van der Waals surface area contributed by atoms with Gasteiger partial charge in [-0.2, -0.15) is 5.10 Å². The number of aromatic nitrogens is 3. The minimum Gasteiger partial charge on any atom is -0.379 e. The zero-order chi connectivity index (χ0) is 16.4. The summed E-state index contributed by atoms with van der Waals surface area (Å²) < 4.78 is 7.33. The van der Waals surface area contributed by atoms with Crippen LogP contribution in [0.5, 0.6) is 0 Å². The molecule has 6 nitrogen and oxygen atoms in total. The zero-order valence-corrected chi connectivity index (χ0v) is 13.1. The van der Waals surface area contributed by atoms with E-state index in [2.05, 4.69) is 15.4 Å². The van der Waals surface area contributed by atoms with Gasteiger partial charge in [0, 0.05) is 36.3 Å². The molecule has 122 valence electrons. The van der Waals surface area contributed by atoms with Crippen LogP contribution in [0, 0.1) is 5.92 Å². The van der Waals surface area contributed by atoms with Crippen LogP contribution in [-0.2, 0) is 11.2 Å². The lowest BCUT2D eigenvalue weighted by Gasteiger charge is -2.19. The van der Waals surface area contributed by atoms with E-state index in [0.29, 0.717) is 18.8 Å². The third-order valence-electron chi connectivity index (χ3n) is 4.42. The van der Waals surface area contributed by atoms with Crippen molar-refractivity contribution < 1.29 is 9.53 Å². The monoisotopic (exact) mass is 322 g/mol. The summed E-state index contributed by atoms with van der Waals surface area (Å²) in [6.07, 6.45) is 7.96. The third kappa shape index (κ3) is 3.00. The zero-order valence-electron chi connectivity index (χ0n) is 13.1. The lowest BCUT2D eigenvalue weighted by molar-refractivity contribution is 0.0925. The van der Waals surface area contributed by atoms with Gasteiger partial charge in [0.15, 0.2) is 0 Å². The highest BCUT2D eigenvalue weighted by Crippen LogP contribution is 2.19. The van der Waals surface area contributed by atoms with Crippen LogP contribution in [0.2, 0.25) is 0 Å². The molecule has 1 amide bonds. The van der Waals surface area contributed by atoms with Crippen LogP contribution in [0.1, 0.15) is 15.9 Å². The number of carbonyl (C=O) groups excluding carboxylic acids is 1. The quantitative estimate of drug-likeness (QED) is 0.794. The Morgan fingerprint density at radius 3 is 2.96 bits per heavy atom. The second-order valence-electron chi connectivity index (χ2n) is 6.05. The molecule has 0 aliphatic carbocycles. The van der Waals surface area contributed by atoms with E-state index in [4.69, 9.17) is 4.74 Å². The Labute approximate surface area is 139 Å². The van der Waals surface area contributed by atoms with Crippen LogP contribution < -0.4 is 5.32 Å². The number of nitrogens with one attached hydrogen (secondary N) is 1. The van der Waals surface area contributed by atoms with E-state index in [1.54, 1.807) is 35.4 Å². The molecule has 3 aromatic heterocycles. The van der Waals surface area contributed by atoms with E-state index in [1.807, 2.05) is 24.3 Å². The number of ether oxygens (including phenoxy) is 1. The minimum absolute atomic E-state index is 0.0202. The number of pyridine rings is 2. The Bertz CT molecular complexity index is 846. The van der Waals surface area contributed by atoms with Crippen molar-refractivity contribution in [3.63, 3.8) is 0 Å². The van der Waals surface area contributed by atoms with Crippen molar-refractivity contribution >= 4 is 11.4 Å². The SMILES string of the molecule is O=C(N[C@H]1COC[C@H]1Cc1ccncc1)c1ccn2nccc2c1. The molecule has 6 heteroatoms. The van der Waals surface area contributed by atoms with Gasteiger partial charge >= 0.3 is 0 Å². The summed E-state index contributed by atoms with van der Waals surface area (Å²) in [4.78, 5) is 16.6. The fourth-order valence-corrected chi connectivity index (χ4v) is 3.10. The Morgan fingerprint density at radius 1 is 1.21 bits per heavy atom. The van der Waals surface area contributed by atoms with E-state index in [9.17, 15) is 4.79 Å². The largest absolute Gasteiger partial charge is 0.379 e. The minimum atomic E-state index is -0.0751. The molecule has 0 spiro atoms. The predicted molar refractivity (Wildman–Crippen MR) is 88.7 cm³/mol. The predicted octanol–water partition coefficient (Wildman–Crippen LogP) is 1.72. The summed E-state index contributed by atoms with van der Waals surface area (Å²) in [5, 5.41) is 7.25. The van der Waals surface area contributed by atoms with Gasteiger partial charge in [-0.1, -0.05) is 0 Å². The fourth-order valence-electron chi connectivity index (χ4n) is 3.10. The van der Waals surface area contributed by atoms with Crippen molar-refractivity contribution in [2.45, 2.75) is 12.5 Å². The van der Waals surface area contributed by atoms with Gasteiger partial charge in [0.05, 0.1) is 24.8 Å². The average Bonchev–Trinajstić information content (AvgIpc) is 3.24. The summed E-state index contributed by atoms with van der Waals surface area (Å²) in [6, 6.07) is 9.53. The summed E-state index contributed by atoms with van der Waals surface area (Å²) in [6.45, 7) is 1.21. The average molecular weight is 322 g/mol. The molecule has 3 aromatic rings. The van der Waals surface area contributed by atoms with Crippen molar-refractivity contribution in [1.29, 1.82) is 0 Å². The molecule has 1 N–H and O–H groups in total. The Morgan fingerprint density at radius 2 is 2.08 bits per heavy atom. The molecule has 0 unspecified atom stereocenters. The molecular weight excluding hydrogens is 304 g/mol. The van der Waals surface area contributed by atoms with Crippen LogP contribution >= 0.6 is 0 Å². The maximum absolute atomic E-state index is 12.6. The first-order chi connectivity index (χ1) is 11.8. The number of nitrogens with zero attached hydrogens (tertiary/aromatic N) is 3. The summed E-state index contributed by atoms with van der Waals surface area (Å²) >= 11 is 0. The van der Waals surface area contributed by atoms with Gasteiger partial charge in [-0.05, 0) is 42.3 Å². The van der Waals surface area contributed by atoms with Crippen molar-refractivity contribution in [3.05, 3.63) is 66.2 Å². The van der Waals surface area contributed by atoms with Crippen molar-refractivity contribution in [1.82, 2.24) is 19.9 Å². The second-order valence-corrected chi connectivity index (χ2v) is 6.05. The molecule has 0 radical (unpaired) electrons. The van der Waals surface area contributed by atoms with E-state index in [-0.39, 0.29) is 17.9 Å². The van der Waals surface area contributed by atoms with Gasteiger partial charge in [-0.25, -0.2) is 4.52 Å². The highest BCUT2D eigenvalue weighted by atomic mass is 16.5. The van der Waals surface area contributed by atoms with Gasteiger partial charge < -0.3 is 10.1 Å². The molecular formula is C18H18N4O2. The summed E-state index contributed by atoms with van der Waals surface area (Å²) in [5.74, 6) is 0.198. The van der Waals surface area contributed by atoms with E-state index < -0.39 is 0 Å². The van der Waals surface area contributed by atoms with E-state index in [0.717, 1.165) is 11.9 Å². The number of hydrogen-bond acceptors (Lipinski definition) is 4. The highest BCUT2D eigenvalue weighted by molar-refractivity contribution is 5.95. The molecule has 0 bridgehead atoms. The molecule has 2 atom stereocenters. The first-order valence-electron chi connectivity index (χ1n) is 8.00. The molecule has 0 aromatic carbocycles. The first kappa shape index (κ1) is 14.8. The lowest BCUT2D eigenvalue weighted by atomic mass is 9.95. The molecule has 4 heterocycles. The van der Waals surface area contributed by atoms with Crippen molar-refractivity contribution in [2.24, 2.45) is 5.92 Å². The highest BCUT2D eigenvalue weighted by Gasteiger charge is 2.29. The number of hydrogen-bond donors (Lipinski definition) is 1. The number of carbonyl (C=O) groups is 1. The number of rotatable bonds is 4. The second kappa shape index (κ2) is 6.41. The summed E-state index contributed by atoms with van der Waals surface area (Å²) in [5.41, 5.74) is 2.75. The molecule has 1 saturated heterocycles. The van der Waals surface area contributed by atoms with E-state index >= 15 is 0 Å². The standard InChI is InChI=1S/C18H18N4O2/c23-18(14-4-8-22-16(10-14)3-7-20-22)21-17-12-24-11-15(17)9-13-1-5-19-6-2-13/h1-8,10,15,17H,9,11-12H2,(H,21,23)/t15-,17+/m1/s1. The molecule has 4 rings (SSSR count). The summed E-state index contributed by atoms with van der Waals surface area (Å²) in [7, 11) is 0. The van der Waals surface area contributed by atoms with Crippen molar-refractivity contribution in [2.75, 3.05) is 13.2 Å². The normalized spacial score (nSPS) is 20.3. The number of amides is 1. The Balaban J connectivity index is 1.45. The molecule has 24 heavy (non-hydrogen) atoms. The smallest absolute Gasteiger partial charge is 0.251 e. The Hall–Kier alpha value is -2.73. The van der Waals surface area contributed by atoms with Crippen LogP contribution in [0.15, 0.2) is 55.1 Å². The van der Waals surface area contributed by atoms with Gasteiger partial charge in [0.1, 0.15) is 0 Å². The van der Waals surface area contributed by atoms with Gasteiger partial charge in [-0.15, -0.1) is 0 Å².